The van der Waals surface area contributed by atoms with E-state index in [1.54, 1.807) is 0 Å². The van der Waals surface area contributed by atoms with Crippen LogP contribution in [0.5, 0.6) is 0 Å². The van der Waals surface area contributed by atoms with Crippen LogP contribution in [-0.4, -0.2) is 9.78 Å². The van der Waals surface area contributed by atoms with E-state index in [9.17, 15) is 0 Å². The smallest absolute Gasteiger partial charge is 0.0934 e. The van der Waals surface area contributed by atoms with Gasteiger partial charge in [0.15, 0.2) is 0 Å². The number of aryl methyl sites for hydroxylation is 1. The van der Waals surface area contributed by atoms with Gasteiger partial charge in [0.05, 0.1) is 17.1 Å². The van der Waals surface area contributed by atoms with E-state index in [-0.39, 0.29) is 0 Å². The zero-order chi connectivity index (χ0) is 41.0. The molecule has 0 unspecified atom stereocenters. The Bertz CT molecular complexity index is 2980. The topological polar surface area (TPSA) is 21.1 Å². The fraction of sp³-hybridized carbons (Fsp3) is 0.0172. The number of para-hydroxylation sites is 2. The van der Waals surface area contributed by atoms with Crippen LogP contribution in [0.15, 0.2) is 243 Å². The van der Waals surface area contributed by atoms with Gasteiger partial charge >= 0.3 is 0 Å². The van der Waals surface area contributed by atoms with Crippen LogP contribution in [0.3, 0.4) is 0 Å². The third-order valence-corrected chi connectivity index (χ3v) is 11.4. The zero-order valence-electron chi connectivity index (χ0n) is 33.9. The third kappa shape index (κ3) is 7.69. The lowest BCUT2D eigenvalue weighted by Crippen LogP contribution is -2.09. The highest BCUT2D eigenvalue weighted by Gasteiger charge is 2.17. The first kappa shape index (κ1) is 37.3. The van der Waals surface area contributed by atoms with Gasteiger partial charge in [0.2, 0.25) is 0 Å². The molecular weight excluding hydrogens is 739 g/mol. The number of aromatic nitrogens is 2. The number of rotatable bonds is 10. The van der Waals surface area contributed by atoms with Crippen LogP contribution in [0, 0.1) is 6.92 Å². The van der Waals surface area contributed by atoms with Crippen molar-refractivity contribution in [3.8, 4) is 72.7 Å². The van der Waals surface area contributed by atoms with Gasteiger partial charge in [-0.2, -0.15) is 5.10 Å². The maximum absolute atomic E-state index is 5.22. The van der Waals surface area contributed by atoms with Gasteiger partial charge in [0.1, 0.15) is 0 Å². The Kier molecular flexibility index (Phi) is 10.2. The Balaban J connectivity index is 0.990. The molecule has 10 aromatic rings. The molecule has 0 aliphatic heterocycles. The first-order chi connectivity index (χ1) is 30.2. The fourth-order valence-electron chi connectivity index (χ4n) is 8.23. The Morgan fingerprint density at radius 3 is 1.26 bits per heavy atom. The average Bonchev–Trinajstić information content (AvgIpc) is 3.79. The SMILES string of the molecule is Cc1ccc(-c2cc(-c3ccc(-c4ccccc4)cc3)n(-c3ccc(-c4ccccc4-c4ccccc4-c4ccc(N(c5ccccc5)c5ccccc5)cc4)cc3)n2)cc1. The van der Waals surface area contributed by atoms with Crippen molar-refractivity contribution < 1.29 is 0 Å². The minimum absolute atomic E-state index is 0.939. The first-order valence-corrected chi connectivity index (χ1v) is 20.8. The van der Waals surface area contributed by atoms with Gasteiger partial charge in [-0.3, -0.25) is 0 Å². The normalized spacial score (nSPS) is 11.0. The Hall–Kier alpha value is -8.01. The summed E-state index contributed by atoms with van der Waals surface area (Å²) >= 11 is 0. The Morgan fingerprint density at radius 2 is 0.721 bits per heavy atom. The van der Waals surface area contributed by atoms with Crippen molar-refractivity contribution in [2.24, 2.45) is 0 Å². The number of anilines is 3. The van der Waals surface area contributed by atoms with Crippen LogP contribution in [0.1, 0.15) is 5.56 Å². The second-order valence-electron chi connectivity index (χ2n) is 15.3. The van der Waals surface area contributed by atoms with Gasteiger partial charge in [-0.15, -0.1) is 0 Å². The van der Waals surface area contributed by atoms with Gasteiger partial charge < -0.3 is 4.90 Å². The molecule has 0 bridgehead atoms. The van der Waals surface area contributed by atoms with Gasteiger partial charge in [-0.1, -0.05) is 194 Å². The summed E-state index contributed by atoms with van der Waals surface area (Å²) in [5, 5.41) is 5.22. The van der Waals surface area contributed by atoms with Crippen LogP contribution in [0.25, 0.3) is 72.7 Å². The van der Waals surface area contributed by atoms with Crippen molar-refractivity contribution in [1.82, 2.24) is 9.78 Å². The summed E-state index contributed by atoms with van der Waals surface area (Å²) in [6, 6.07) is 86.4. The summed E-state index contributed by atoms with van der Waals surface area (Å²) < 4.78 is 2.08. The van der Waals surface area contributed by atoms with Crippen molar-refractivity contribution in [3.05, 3.63) is 248 Å². The van der Waals surface area contributed by atoms with Gasteiger partial charge in [0, 0.05) is 28.2 Å². The van der Waals surface area contributed by atoms with E-state index in [0.717, 1.165) is 56.4 Å². The van der Waals surface area contributed by atoms with E-state index in [2.05, 4.69) is 259 Å². The molecule has 0 amide bonds. The van der Waals surface area contributed by atoms with Gasteiger partial charge in [-0.25, -0.2) is 4.68 Å². The first-order valence-electron chi connectivity index (χ1n) is 20.8. The molecule has 0 atom stereocenters. The highest BCUT2D eigenvalue weighted by Crippen LogP contribution is 2.41. The highest BCUT2D eigenvalue weighted by molar-refractivity contribution is 5.92. The molecule has 0 saturated carbocycles. The van der Waals surface area contributed by atoms with Crippen molar-refractivity contribution in [3.63, 3.8) is 0 Å². The summed E-state index contributed by atoms with van der Waals surface area (Å²) in [5.41, 5.74) is 19.2. The minimum Gasteiger partial charge on any atom is -0.311 e. The lowest BCUT2D eigenvalue weighted by atomic mass is 9.89. The van der Waals surface area contributed by atoms with Crippen LogP contribution in [0.4, 0.5) is 17.1 Å². The molecule has 0 N–H and O–H groups in total. The second-order valence-corrected chi connectivity index (χ2v) is 15.3. The predicted octanol–water partition coefficient (Wildman–Crippen LogP) is 15.7. The molecule has 3 nitrogen and oxygen atoms in total. The second kappa shape index (κ2) is 16.7. The number of hydrogen-bond acceptors (Lipinski definition) is 2. The molecule has 3 heteroatoms. The molecule has 1 heterocycles. The van der Waals surface area contributed by atoms with Gasteiger partial charge in [0.25, 0.3) is 0 Å². The maximum Gasteiger partial charge on any atom is 0.0934 e. The molecule has 0 saturated heterocycles. The summed E-state index contributed by atoms with van der Waals surface area (Å²) in [7, 11) is 0. The molecule has 10 rings (SSSR count). The molecule has 1 aromatic heterocycles. The molecule has 0 aliphatic rings. The molecule has 9 aromatic carbocycles. The molecule has 0 aliphatic carbocycles. The monoisotopic (exact) mass is 781 g/mol. The lowest BCUT2D eigenvalue weighted by molar-refractivity contribution is 0.892. The van der Waals surface area contributed by atoms with E-state index in [1.807, 2.05) is 0 Å². The Labute approximate surface area is 358 Å². The minimum atomic E-state index is 0.939. The summed E-state index contributed by atoms with van der Waals surface area (Å²) in [6.07, 6.45) is 0. The van der Waals surface area contributed by atoms with Crippen molar-refractivity contribution >= 4 is 17.1 Å². The van der Waals surface area contributed by atoms with Crippen LogP contribution in [0.2, 0.25) is 0 Å². The fourth-order valence-corrected chi connectivity index (χ4v) is 8.23. The number of nitrogens with zero attached hydrogens (tertiary/aromatic N) is 3. The molecular formula is C58H43N3. The molecule has 0 fully saturated rings. The molecule has 0 radical (unpaired) electrons. The van der Waals surface area contributed by atoms with Crippen molar-refractivity contribution in [1.29, 1.82) is 0 Å². The van der Waals surface area contributed by atoms with Gasteiger partial charge in [-0.05, 0) is 106 Å². The number of hydrogen-bond donors (Lipinski definition) is 0. The highest BCUT2D eigenvalue weighted by atomic mass is 15.3. The van der Waals surface area contributed by atoms with E-state index in [1.165, 1.54) is 38.9 Å². The predicted molar refractivity (Wildman–Crippen MR) is 256 cm³/mol. The summed E-state index contributed by atoms with van der Waals surface area (Å²) in [6.45, 7) is 2.12. The quantitative estimate of drug-likeness (QED) is 0.138. The molecule has 61 heavy (non-hydrogen) atoms. The average molecular weight is 782 g/mol. The van der Waals surface area contributed by atoms with E-state index in [0.29, 0.717) is 0 Å². The molecule has 0 spiro atoms. The van der Waals surface area contributed by atoms with Crippen LogP contribution in [-0.2, 0) is 0 Å². The third-order valence-electron chi connectivity index (χ3n) is 11.4. The standard InChI is InChI=1S/C58H43N3/c1-42-25-27-47(28-26-42)57-41-58(48-31-29-44(30-32-48)43-15-5-2-6-16-43)61(59-57)52-39-35-46(36-40-52)54-22-12-14-24-56(54)55-23-13-11-21-53(55)45-33-37-51(38-34-45)60(49-17-7-3-8-18-49)50-19-9-4-10-20-50/h2-41H,1H3. The van der Waals surface area contributed by atoms with Crippen LogP contribution >= 0.6 is 0 Å². The largest absolute Gasteiger partial charge is 0.311 e. The van der Waals surface area contributed by atoms with Crippen molar-refractivity contribution in [2.75, 3.05) is 4.90 Å². The lowest BCUT2D eigenvalue weighted by Gasteiger charge is -2.25. The van der Waals surface area contributed by atoms with Crippen LogP contribution < -0.4 is 4.90 Å². The number of benzene rings is 9. The van der Waals surface area contributed by atoms with E-state index in [4.69, 9.17) is 5.10 Å². The van der Waals surface area contributed by atoms with Crippen molar-refractivity contribution in [2.45, 2.75) is 6.92 Å². The summed E-state index contributed by atoms with van der Waals surface area (Å²) in [4.78, 5) is 2.30. The molecule has 290 valence electrons. The van der Waals surface area contributed by atoms with E-state index < -0.39 is 0 Å². The maximum atomic E-state index is 5.22. The Morgan fingerprint density at radius 1 is 0.328 bits per heavy atom. The zero-order valence-corrected chi connectivity index (χ0v) is 33.9. The van der Waals surface area contributed by atoms with E-state index >= 15 is 0 Å². The summed E-state index contributed by atoms with van der Waals surface area (Å²) in [5.74, 6) is 0.